The minimum Gasteiger partial charge on any atom is -0.489 e. The summed E-state index contributed by atoms with van der Waals surface area (Å²) >= 11 is 0. The lowest BCUT2D eigenvalue weighted by molar-refractivity contribution is 0.297. The standard InChI is InChI=1S/C9H9N3O2/c1-2-13-8-4-6-7(11-12-10-6)5-9(8)14-3-1/h4-5H,1-3H2,(H,10,11,12). The Balaban J connectivity index is 2.19. The van der Waals surface area contributed by atoms with E-state index in [0.29, 0.717) is 13.2 Å². The third-order valence-corrected chi connectivity index (χ3v) is 2.19. The van der Waals surface area contributed by atoms with E-state index < -0.39 is 0 Å². The molecule has 0 saturated carbocycles. The first-order valence-corrected chi connectivity index (χ1v) is 4.53. The van der Waals surface area contributed by atoms with Crippen LogP contribution in [-0.4, -0.2) is 28.6 Å². The summed E-state index contributed by atoms with van der Waals surface area (Å²) in [5.74, 6) is 1.51. The smallest absolute Gasteiger partial charge is 0.163 e. The molecule has 72 valence electrons. The average molecular weight is 191 g/mol. The van der Waals surface area contributed by atoms with Gasteiger partial charge in [-0.25, -0.2) is 0 Å². The van der Waals surface area contributed by atoms with Crippen molar-refractivity contribution in [3.63, 3.8) is 0 Å². The third-order valence-electron chi connectivity index (χ3n) is 2.19. The fourth-order valence-corrected chi connectivity index (χ4v) is 1.50. The van der Waals surface area contributed by atoms with Gasteiger partial charge in [0.25, 0.3) is 0 Å². The zero-order chi connectivity index (χ0) is 9.38. The van der Waals surface area contributed by atoms with Gasteiger partial charge >= 0.3 is 0 Å². The molecule has 1 aliphatic heterocycles. The molecular weight excluding hydrogens is 182 g/mol. The molecule has 0 aliphatic carbocycles. The van der Waals surface area contributed by atoms with Gasteiger partial charge in [-0.15, -0.1) is 0 Å². The SMILES string of the molecule is c1c2c(cc3n[nH]nc13)OCCCO2. The van der Waals surface area contributed by atoms with Crippen molar-refractivity contribution in [3.05, 3.63) is 12.1 Å². The summed E-state index contributed by atoms with van der Waals surface area (Å²) in [7, 11) is 0. The lowest BCUT2D eigenvalue weighted by Gasteiger charge is -2.05. The fourth-order valence-electron chi connectivity index (χ4n) is 1.50. The van der Waals surface area contributed by atoms with E-state index >= 15 is 0 Å². The summed E-state index contributed by atoms with van der Waals surface area (Å²) in [6.45, 7) is 1.38. The minimum atomic E-state index is 0.691. The molecule has 0 saturated heterocycles. The Labute approximate surface area is 80.0 Å². The molecule has 0 fully saturated rings. The number of ether oxygens (including phenoxy) is 2. The second-order valence-electron chi connectivity index (χ2n) is 3.16. The van der Waals surface area contributed by atoms with Gasteiger partial charge in [0.05, 0.1) is 13.2 Å². The van der Waals surface area contributed by atoms with Gasteiger partial charge in [-0.3, -0.25) is 0 Å². The Morgan fingerprint density at radius 2 is 1.57 bits per heavy atom. The van der Waals surface area contributed by atoms with Gasteiger partial charge in [0.1, 0.15) is 11.0 Å². The summed E-state index contributed by atoms with van der Waals surface area (Å²) in [4.78, 5) is 0. The van der Waals surface area contributed by atoms with Crippen LogP contribution in [0.3, 0.4) is 0 Å². The van der Waals surface area contributed by atoms with E-state index in [1.807, 2.05) is 12.1 Å². The van der Waals surface area contributed by atoms with E-state index in [1.54, 1.807) is 0 Å². The lowest BCUT2D eigenvalue weighted by Crippen LogP contribution is -1.97. The Hall–Kier alpha value is -1.78. The molecule has 1 N–H and O–H groups in total. The molecule has 0 unspecified atom stereocenters. The summed E-state index contributed by atoms with van der Waals surface area (Å²) in [5.41, 5.74) is 1.60. The highest BCUT2D eigenvalue weighted by Crippen LogP contribution is 2.32. The number of fused-ring (bicyclic) bond motifs is 2. The highest BCUT2D eigenvalue weighted by Gasteiger charge is 2.12. The average Bonchev–Trinajstić information content (AvgIpc) is 2.51. The molecule has 0 spiro atoms. The van der Waals surface area contributed by atoms with Crippen LogP contribution < -0.4 is 9.47 Å². The van der Waals surface area contributed by atoms with Gasteiger partial charge in [-0.1, -0.05) is 0 Å². The largest absolute Gasteiger partial charge is 0.489 e. The number of aromatic nitrogens is 3. The van der Waals surface area contributed by atoms with Crippen molar-refractivity contribution in [2.24, 2.45) is 0 Å². The van der Waals surface area contributed by atoms with Crippen LogP contribution in [0.1, 0.15) is 6.42 Å². The number of hydrogen-bond acceptors (Lipinski definition) is 4. The molecule has 0 bridgehead atoms. The molecule has 0 radical (unpaired) electrons. The second-order valence-corrected chi connectivity index (χ2v) is 3.16. The van der Waals surface area contributed by atoms with Crippen molar-refractivity contribution in [3.8, 4) is 11.5 Å². The molecule has 1 aliphatic rings. The van der Waals surface area contributed by atoms with E-state index in [4.69, 9.17) is 9.47 Å². The van der Waals surface area contributed by atoms with Crippen LogP contribution >= 0.6 is 0 Å². The molecule has 14 heavy (non-hydrogen) atoms. The van der Waals surface area contributed by atoms with Crippen LogP contribution in [0.4, 0.5) is 0 Å². The second kappa shape index (κ2) is 2.87. The van der Waals surface area contributed by atoms with Crippen LogP contribution in [0.5, 0.6) is 11.5 Å². The summed E-state index contributed by atoms with van der Waals surface area (Å²) in [6.07, 6.45) is 0.909. The van der Waals surface area contributed by atoms with Crippen LogP contribution in [0.15, 0.2) is 12.1 Å². The molecule has 0 atom stereocenters. The summed E-state index contributed by atoms with van der Waals surface area (Å²) in [6, 6.07) is 3.69. The van der Waals surface area contributed by atoms with E-state index in [2.05, 4.69) is 15.4 Å². The predicted octanol–water partition coefficient (Wildman–Crippen LogP) is 1.12. The molecule has 2 aromatic rings. The van der Waals surface area contributed by atoms with Crippen molar-refractivity contribution in [2.45, 2.75) is 6.42 Å². The van der Waals surface area contributed by atoms with Gasteiger partial charge in [-0.2, -0.15) is 15.4 Å². The van der Waals surface area contributed by atoms with Crippen molar-refractivity contribution >= 4 is 11.0 Å². The van der Waals surface area contributed by atoms with Crippen LogP contribution in [0, 0.1) is 0 Å². The van der Waals surface area contributed by atoms with Gasteiger partial charge in [-0.05, 0) is 0 Å². The van der Waals surface area contributed by atoms with Crippen molar-refractivity contribution in [1.82, 2.24) is 15.4 Å². The number of benzene rings is 1. The predicted molar refractivity (Wildman–Crippen MR) is 49.5 cm³/mol. The number of nitrogens with one attached hydrogen (secondary N) is 1. The third kappa shape index (κ3) is 1.09. The van der Waals surface area contributed by atoms with Crippen molar-refractivity contribution in [2.75, 3.05) is 13.2 Å². The maximum Gasteiger partial charge on any atom is 0.163 e. The molecule has 0 amide bonds. The van der Waals surface area contributed by atoms with Crippen LogP contribution in [0.2, 0.25) is 0 Å². The molecule has 5 nitrogen and oxygen atoms in total. The number of hydrogen-bond donors (Lipinski definition) is 1. The molecule has 3 rings (SSSR count). The Kier molecular flexibility index (Phi) is 1.56. The number of aromatic amines is 1. The van der Waals surface area contributed by atoms with E-state index in [0.717, 1.165) is 29.0 Å². The highest BCUT2D eigenvalue weighted by molar-refractivity contribution is 5.78. The first-order valence-electron chi connectivity index (χ1n) is 4.53. The first kappa shape index (κ1) is 7.61. The van der Waals surface area contributed by atoms with Gasteiger partial charge in [0, 0.05) is 18.6 Å². The van der Waals surface area contributed by atoms with Gasteiger partial charge in [0.2, 0.25) is 0 Å². The quantitative estimate of drug-likeness (QED) is 0.677. The Morgan fingerprint density at radius 1 is 1.00 bits per heavy atom. The Bertz CT molecular complexity index is 426. The van der Waals surface area contributed by atoms with Crippen LogP contribution in [-0.2, 0) is 0 Å². The zero-order valence-corrected chi connectivity index (χ0v) is 7.49. The topological polar surface area (TPSA) is 60.0 Å². The van der Waals surface area contributed by atoms with Crippen LogP contribution in [0.25, 0.3) is 11.0 Å². The zero-order valence-electron chi connectivity index (χ0n) is 7.49. The van der Waals surface area contributed by atoms with E-state index in [9.17, 15) is 0 Å². The lowest BCUT2D eigenvalue weighted by atomic mass is 10.3. The fraction of sp³-hybridized carbons (Fsp3) is 0.333. The molecule has 1 aromatic carbocycles. The highest BCUT2D eigenvalue weighted by atomic mass is 16.5. The monoisotopic (exact) mass is 191 g/mol. The van der Waals surface area contributed by atoms with Crippen molar-refractivity contribution in [1.29, 1.82) is 0 Å². The number of nitrogens with zero attached hydrogens (tertiary/aromatic N) is 2. The summed E-state index contributed by atoms with van der Waals surface area (Å²) in [5, 5.41) is 10.5. The molecule has 1 aromatic heterocycles. The molecule has 5 heteroatoms. The molecular formula is C9H9N3O2. The normalized spacial score (nSPS) is 15.4. The minimum absolute atomic E-state index is 0.691. The van der Waals surface area contributed by atoms with Crippen molar-refractivity contribution < 1.29 is 9.47 Å². The van der Waals surface area contributed by atoms with Gasteiger partial charge < -0.3 is 9.47 Å². The first-order chi connectivity index (χ1) is 6.93. The number of H-pyrrole nitrogens is 1. The van der Waals surface area contributed by atoms with E-state index in [1.165, 1.54) is 0 Å². The summed E-state index contributed by atoms with van der Waals surface area (Å²) < 4.78 is 11.0. The molecule has 2 heterocycles. The maximum atomic E-state index is 5.52. The number of rotatable bonds is 0. The van der Waals surface area contributed by atoms with E-state index in [-0.39, 0.29) is 0 Å². The maximum absolute atomic E-state index is 5.52. The van der Waals surface area contributed by atoms with Gasteiger partial charge in [0.15, 0.2) is 11.5 Å². The Morgan fingerprint density at radius 3 is 2.14 bits per heavy atom.